The Hall–Kier alpha value is -1.03. The van der Waals surface area contributed by atoms with Gasteiger partial charge in [-0.25, -0.2) is 4.39 Å². The monoisotopic (exact) mass is 253 g/mol. The van der Waals surface area contributed by atoms with Crippen molar-refractivity contribution >= 4 is 17.7 Å². The topological polar surface area (TPSA) is 29.1 Å². The van der Waals surface area contributed by atoms with Crippen LogP contribution in [-0.2, 0) is 0 Å². The molecule has 0 radical (unpaired) electrons. The maximum absolute atomic E-state index is 12.7. The Morgan fingerprint density at radius 2 is 2.12 bits per heavy atom. The Morgan fingerprint density at radius 1 is 1.35 bits per heavy atom. The quantitative estimate of drug-likeness (QED) is 0.897. The normalized spacial score (nSPS) is 19.9. The second-order valence-corrected chi connectivity index (χ2v) is 5.61. The van der Waals surface area contributed by atoms with Crippen LogP contribution in [0.5, 0.6) is 0 Å². The highest BCUT2D eigenvalue weighted by molar-refractivity contribution is 7.99. The van der Waals surface area contributed by atoms with Crippen LogP contribution in [0.2, 0.25) is 0 Å². The highest BCUT2D eigenvalue weighted by Crippen LogP contribution is 2.24. The van der Waals surface area contributed by atoms with E-state index in [4.69, 9.17) is 0 Å². The van der Waals surface area contributed by atoms with E-state index in [1.54, 1.807) is 0 Å². The Kier molecular flexibility index (Phi) is 4.42. The van der Waals surface area contributed by atoms with E-state index in [-0.39, 0.29) is 11.7 Å². The van der Waals surface area contributed by atoms with Crippen molar-refractivity contribution in [3.05, 3.63) is 35.6 Å². The van der Waals surface area contributed by atoms with Crippen LogP contribution < -0.4 is 5.32 Å². The molecule has 0 aliphatic carbocycles. The Bertz CT molecular complexity index is 374. The van der Waals surface area contributed by atoms with Crippen molar-refractivity contribution in [2.45, 2.75) is 24.5 Å². The molecule has 1 aromatic rings. The van der Waals surface area contributed by atoms with Gasteiger partial charge in [0.2, 0.25) is 0 Å². The van der Waals surface area contributed by atoms with E-state index in [9.17, 15) is 9.18 Å². The Labute approximate surface area is 105 Å². The first-order valence-corrected chi connectivity index (χ1v) is 6.96. The maximum atomic E-state index is 12.7. The molecule has 0 aromatic heterocycles. The van der Waals surface area contributed by atoms with Crippen LogP contribution in [0.15, 0.2) is 24.3 Å². The van der Waals surface area contributed by atoms with Gasteiger partial charge in [-0.05, 0) is 42.9 Å². The summed E-state index contributed by atoms with van der Waals surface area (Å²) < 4.78 is 12.7. The summed E-state index contributed by atoms with van der Waals surface area (Å²) in [4.78, 5) is 11.8. The molecule has 0 spiro atoms. The molecule has 1 fully saturated rings. The summed E-state index contributed by atoms with van der Waals surface area (Å²) in [5, 5.41) is 3.44. The molecular formula is C13H16FNOS. The molecule has 1 aliphatic rings. The first-order valence-electron chi connectivity index (χ1n) is 5.91. The number of hydrogen-bond acceptors (Lipinski definition) is 2. The first-order chi connectivity index (χ1) is 8.25. The van der Waals surface area contributed by atoms with E-state index in [0.29, 0.717) is 17.4 Å². The highest BCUT2D eigenvalue weighted by atomic mass is 32.2. The number of carbonyl (C=O) groups is 1. The molecule has 17 heavy (non-hydrogen) atoms. The third kappa shape index (κ3) is 3.73. The lowest BCUT2D eigenvalue weighted by atomic mass is 10.1. The van der Waals surface area contributed by atoms with Gasteiger partial charge in [0.25, 0.3) is 5.91 Å². The molecule has 1 unspecified atom stereocenters. The van der Waals surface area contributed by atoms with Gasteiger partial charge >= 0.3 is 0 Å². The average molecular weight is 253 g/mol. The minimum atomic E-state index is -0.315. The second-order valence-electron chi connectivity index (χ2n) is 4.21. The van der Waals surface area contributed by atoms with Gasteiger partial charge in [-0.2, -0.15) is 11.8 Å². The fourth-order valence-electron chi connectivity index (χ4n) is 1.88. The van der Waals surface area contributed by atoms with Crippen LogP contribution >= 0.6 is 11.8 Å². The molecule has 1 aliphatic heterocycles. The average Bonchev–Trinajstić information content (AvgIpc) is 2.38. The summed E-state index contributed by atoms with van der Waals surface area (Å²) in [6.07, 6.45) is 3.71. The molecule has 2 nitrogen and oxygen atoms in total. The summed E-state index contributed by atoms with van der Waals surface area (Å²) in [7, 11) is 0. The van der Waals surface area contributed by atoms with Gasteiger partial charge in [-0.1, -0.05) is 6.42 Å². The van der Waals surface area contributed by atoms with Gasteiger partial charge in [0.15, 0.2) is 0 Å². The van der Waals surface area contributed by atoms with Crippen molar-refractivity contribution in [1.82, 2.24) is 5.32 Å². The smallest absolute Gasteiger partial charge is 0.251 e. The van der Waals surface area contributed by atoms with E-state index in [1.165, 1.54) is 49.3 Å². The van der Waals surface area contributed by atoms with Crippen LogP contribution in [-0.4, -0.2) is 23.5 Å². The lowest BCUT2D eigenvalue weighted by Gasteiger charge is -2.21. The number of benzene rings is 1. The number of hydrogen-bond donors (Lipinski definition) is 1. The van der Waals surface area contributed by atoms with Crippen LogP contribution in [0.25, 0.3) is 0 Å². The predicted octanol–water partition coefficient (Wildman–Crippen LogP) is 2.84. The number of halogens is 1. The molecule has 1 N–H and O–H groups in total. The number of thioether (sulfide) groups is 1. The van der Waals surface area contributed by atoms with Gasteiger partial charge in [0.1, 0.15) is 5.82 Å². The van der Waals surface area contributed by atoms with Crippen LogP contribution in [0.3, 0.4) is 0 Å². The van der Waals surface area contributed by atoms with E-state index in [1.807, 2.05) is 11.8 Å². The fraction of sp³-hybridized carbons (Fsp3) is 0.462. The Balaban J connectivity index is 1.82. The molecular weight excluding hydrogens is 237 g/mol. The molecule has 92 valence electrons. The zero-order valence-electron chi connectivity index (χ0n) is 9.62. The third-order valence-electron chi connectivity index (χ3n) is 2.87. The number of nitrogens with one attached hydrogen (secondary N) is 1. The predicted molar refractivity (Wildman–Crippen MR) is 68.8 cm³/mol. The Morgan fingerprint density at radius 3 is 2.76 bits per heavy atom. The van der Waals surface area contributed by atoms with Crippen LogP contribution in [0.4, 0.5) is 4.39 Å². The standard InChI is InChI=1S/C13H16FNOS/c14-11-6-4-10(5-7-11)13(16)15-9-12-3-1-2-8-17-12/h4-7,12H,1-3,8-9H2,(H,15,16). The lowest BCUT2D eigenvalue weighted by Crippen LogP contribution is -2.31. The molecule has 4 heteroatoms. The zero-order valence-corrected chi connectivity index (χ0v) is 10.4. The molecule has 2 rings (SSSR count). The van der Waals surface area contributed by atoms with Crippen LogP contribution in [0.1, 0.15) is 29.6 Å². The summed E-state index contributed by atoms with van der Waals surface area (Å²) in [5.41, 5.74) is 0.521. The molecule has 1 heterocycles. The van der Waals surface area contributed by atoms with Crippen molar-refractivity contribution in [3.63, 3.8) is 0 Å². The number of rotatable bonds is 3. The molecule has 1 atom stereocenters. The van der Waals surface area contributed by atoms with Crippen molar-refractivity contribution in [1.29, 1.82) is 0 Å². The number of amides is 1. The third-order valence-corrected chi connectivity index (χ3v) is 4.27. The molecule has 1 saturated heterocycles. The van der Waals surface area contributed by atoms with Gasteiger partial charge < -0.3 is 5.32 Å². The minimum absolute atomic E-state index is 0.115. The van der Waals surface area contributed by atoms with E-state index < -0.39 is 0 Å². The van der Waals surface area contributed by atoms with Crippen molar-refractivity contribution in [2.75, 3.05) is 12.3 Å². The number of carbonyl (C=O) groups excluding carboxylic acids is 1. The summed E-state index contributed by atoms with van der Waals surface area (Å²) in [5.74, 6) is 0.762. The summed E-state index contributed by atoms with van der Waals surface area (Å²) in [6.45, 7) is 0.709. The van der Waals surface area contributed by atoms with E-state index in [2.05, 4.69) is 5.32 Å². The minimum Gasteiger partial charge on any atom is -0.351 e. The van der Waals surface area contributed by atoms with Crippen molar-refractivity contribution in [3.8, 4) is 0 Å². The SMILES string of the molecule is O=C(NCC1CCCCS1)c1ccc(F)cc1. The van der Waals surface area contributed by atoms with E-state index >= 15 is 0 Å². The summed E-state index contributed by atoms with van der Waals surface area (Å²) >= 11 is 1.93. The largest absolute Gasteiger partial charge is 0.351 e. The van der Waals surface area contributed by atoms with Gasteiger partial charge in [-0.15, -0.1) is 0 Å². The van der Waals surface area contributed by atoms with E-state index in [0.717, 1.165) is 0 Å². The zero-order chi connectivity index (χ0) is 12.1. The lowest BCUT2D eigenvalue weighted by molar-refractivity contribution is 0.0953. The van der Waals surface area contributed by atoms with Gasteiger partial charge in [0.05, 0.1) is 0 Å². The molecule has 0 saturated carbocycles. The first kappa shape index (κ1) is 12.4. The van der Waals surface area contributed by atoms with Crippen LogP contribution in [0, 0.1) is 5.82 Å². The molecule has 1 amide bonds. The molecule has 1 aromatic carbocycles. The highest BCUT2D eigenvalue weighted by Gasteiger charge is 2.15. The fourth-order valence-corrected chi connectivity index (χ4v) is 3.12. The van der Waals surface area contributed by atoms with Gasteiger partial charge in [0, 0.05) is 17.4 Å². The van der Waals surface area contributed by atoms with Gasteiger partial charge in [-0.3, -0.25) is 4.79 Å². The maximum Gasteiger partial charge on any atom is 0.251 e. The molecule has 0 bridgehead atoms. The van der Waals surface area contributed by atoms with Crippen molar-refractivity contribution in [2.24, 2.45) is 0 Å². The second kappa shape index (κ2) is 6.05. The summed E-state index contributed by atoms with van der Waals surface area (Å²) in [6, 6.07) is 5.64. The van der Waals surface area contributed by atoms with Crippen molar-refractivity contribution < 1.29 is 9.18 Å².